The second-order valence-electron chi connectivity index (χ2n) is 5.78. The Hall–Kier alpha value is -0.940. The SMILES string of the molecule is CN1CCOC(C(NN)C2CC2c2ccccc2)C1. The summed E-state index contributed by atoms with van der Waals surface area (Å²) in [5, 5.41) is 0. The van der Waals surface area contributed by atoms with Gasteiger partial charge in [0.05, 0.1) is 18.8 Å². The fourth-order valence-corrected chi connectivity index (χ4v) is 3.23. The Bertz CT molecular complexity index is 411. The molecule has 0 radical (unpaired) electrons. The molecule has 1 aromatic rings. The first-order valence-corrected chi connectivity index (χ1v) is 7.11. The van der Waals surface area contributed by atoms with Crippen molar-refractivity contribution >= 4 is 0 Å². The van der Waals surface area contributed by atoms with E-state index in [0.29, 0.717) is 11.8 Å². The van der Waals surface area contributed by atoms with Crippen LogP contribution in [0.15, 0.2) is 30.3 Å². The van der Waals surface area contributed by atoms with Crippen molar-refractivity contribution in [1.29, 1.82) is 0 Å². The van der Waals surface area contributed by atoms with Crippen LogP contribution in [0.4, 0.5) is 0 Å². The lowest BCUT2D eigenvalue weighted by Gasteiger charge is -2.35. The minimum atomic E-state index is 0.211. The summed E-state index contributed by atoms with van der Waals surface area (Å²) in [6.07, 6.45) is 1.42. The molecule has 0 bridgehead atoms. The summed E-state index contributed by atoms with van der Waals surface area (Å²) in [6, 6.07) is 11.0. The number of hydrazine groups is 1. The van der Waals surface area contributed by atoms with Crippen molar-refractivity contribution in [1.82, 2.24) is 10.3 Å². The largest absolute Gasteiger partial charge is 0.374 e. The van der Waals surface area contributed by atoms with Gasteiger partial charge in [-0.1, -0.05) is 30.3 Å². The average molecular weight is 261 g/mol. The number of hydrogen-bond acceptors (Lipinski definition) is 4. The van der Waals surface area contributed by atoms with E-state index in [4.69, 9.17) is 10.6 Å². The molecule has 4 atom stereocenters. The first kappa shape index (κ1) is 13.1. The van der Waals surface area contributed by atoms with Gasteiger partial charge in [0.2, 0.25) is 0 Å². The number of morpholine rings is 1. The molecule has 4 unspecified atom stereocenters. The van der Waals surface area contributed by atoms with Crippen molar-refractivity contribution in [3.05, 3.63) is 35.9 Å². The Morgan fingerprint density at radius 3 is 2.84 bits per heavy atom. The summed E-state index contributed by atoms with van der Waals surface area (Å²) in [6.45, 7) is 2.79. The number of hydrogen-bond donors (Lipinski definition) is 2. The average Bonchev–Trinajstić information content (AvgIpc) is 3.21. The summed E-state index contributed by atoms with van der Waals surface area (Å²) in [7, 11) is 2.14. The Kier molecular flexibility index (Phi) is 3.84. The van der Waals surface area contributed by atoms with E-state index in [2.05, 4.69) is 47.7 Å². The summed E-state index contributed by atoms with van der Waals surface area (Å²) in [4.78, 5) is 2.32. The first-order chi connectivity index (χ1) is 9.29. The maximum Gasteiger partial charge on any atom is 0.0871 e. The molecule has 0 amide bonds. The third-order valence-electron chi connectivity index (χ3n) is 4.42. The number of nitrogens with two attached hydrogens (primary N) is 1. The molecule has 4 nitrogen and oxygen atoms in total. The van der Waals surface area contributed by atoms with E-state index in [-0.39, 0.29) is 12.1 Å². The van der Waals surface area contributed by atoms with Gasteiger partial charge in [0.15, 0.2) is 0 Å². The standard InChI is InChI=1S/C15H23N3O/c1-18-7-8-19-14(10-18)15(17-16)13-9-12(13)11-5-3-2-4-6-11/h2-6,12-15,17H,7-10,16H2,1H3. The van der Waals surface area contributed by atoms with Crippen molar-refractivity contribution in [2.45, 2.75) is 24.5 Å². The van der Waals surface area contributed by atoms with Crippen LogP contribution >= 0.6 is 0 Å². The molecule has 1 aliphatic heterocycles. The monoisotopic (exact) mass is 261 g/mol. The Morgan fingerprint density at radius 1 is 1.37 bits per heavy atom. The zero-order valence-corrected chi connectivity index (χ0v) is 11.5. The summed E-state index contributed by atoms with van der Waals surface area (Å²) in [5.74, 6) is 7.02. The van der Waals surface area contributed by atoms with Crippen LogP contribution in [0.5, 0.6) is 0 Å². The zero-order chi connectivity index (χ0) is 13.2. The van der Waals surface area contributed by atoms with Crippen molar-refractivity contribution in [3.63, 3.8) is 0 Å². The normalized spacial score (nSPS) is 33.1. The molecule has 4 heteroatoms. The number of likely N-dealkylation sites (N-methyl/N-ethyl adjacent to an activating group) is 1. The second-order valence-corrected chi connectivity index (χ2v) is 5.78. The van der Waals surface area contributed by atoms with Crippen LogP contribution in [0.2, 0.25) is 0 Å². The molecule has 1 saturated carbocycles. The van der Waals surface area contributed by atoms with Gasteiger partial charge in [0.25, 0.3) is 0 Å². The molecule has 1 heterocycles. The van der Waals surface area contributed by atoms with Crippen LogP contribution in [-0.4, -0.2) is 43.8 Å². The van der Waals surface area contributed by atoms with Gasteiger partial charge in [-0.05, 0) is 30.9 Å². The van der Waals surface area contributed by atoms with E-state index in [0.717, 1.165) is 19.7 Å². The molecule has 0 spiro atoms. The lowest BCUT2D eigenvalue weighted by atomic mass is 10.0. The molecule has 3 rings (SSSR count). The molecule has 2 aliphatic rings. The highest BCUT2D eigenvalue weighted by molar-refractivity contribution is 5.27. The molecular formula is C15H23N3O. The van der Waals surface area contributed by atoms with E-state index >= 15 is 0 Å². The highest BCUT2D eigenvalue weighted by atomic mass is 16.5. The minimum Gasteiger partial charge on any atom is -0.374 e. The Labute approximate surface area is 114 Å². The van der Waals surface area contributed by atoms with Gasteiger partial charge in [0.1, 0.15) is 0 Å². The van der Waals surface area contributed by atoms with Crippen LogP contribution in [0.1, 0.15) is 17.9 Å². The Balaban J connectivity index is 1.65. The van der Waals surface area contributed by atoms with Gasteiger partial charge in [-0.3, -0.25) is 11.3 Å². The Morgan fingerprint density at radius 2 is 2.16 bits per heavy atom. The van der Waals surface area contributed by atoms with Crippen LogP contribution in [0, 0.1) is 5.92 Å². The number of nitrogens with one attached hydrogen (secondary N) is 1. The van der Waals surface area contributed by atoms with Gasteiger partial charge in [-0.15, -0.1) is 0 Å². The fraction of sp³-hybridized carbons (Fsp3) is 0.600. The van der Waals surface area contributed by atoms with Crippen molar-refractivity contribution in [3.8, 4) is 0 Å². The molecule has 104 valence electrons. The zero-order valence-electron chi connectivity index (χ0n) is 11.5. The van der Waals surface area contributed by atoms with E-state index in [1.807, 2.05) is 0 Å². The topological polar surface area (TPSA) is 50.5 Å². The molecule has 0 aromatic heterocycles. The third-order valence-corrected chi connectivity index (χ3v) is 4.42. The molecule has 2 fully saturated rings. The minimum absolute atomic E-state index is 0.211. The molecular weight excluding hydrogens is 238 g/mol. The predicted molar refractivity (Wildman–Crippen MR) is 75.6 cm³/mol. The van der Waals surface area contributed by atoms with E-state index in [1.54, 1.807) is 0 Å². The maximum atomic E-state index is 5.90. The van der Waals surface area contributed by atoms with Gasteiger partial charge in [-0.25, -0.2) is 0 Å². The number of nitrogens with zero attached hydrogens (tertiary/aromatic N) is 1. The van der Waals surface area contributed by atoms with Crippen LogP contribution in [-0.2, 0) is 4.74 Å². The highest BCUT2D eigenvalue weighted by Gasteiger charge is 2.47. The smallest absolute Gasteiger partial charge is 0.0871 e. The molecule has 1 aromatic carbocycles. The molecule has 19 heavy (non-hydrogen) atoms. The van der Waals surface area contributed by atoms with E-state index in [9.17, 15) is 0 Å². The maximum absolute atomic E-state index is 5.90. The second kappa shape index (κ2) is 5.59. The number of ether oxygens (including phenoxy) is 1. The predicted octanol–water partition coefficient (Wildman–Crippen LogP) is 0.953. The van der Waals surface area contributed by atoms with Gasteiger partial charge in [0, 0.05) is 13.1 Å². The quantitative estimate of drug-likeness (QED) is 0.626. The van der Waals surface area contributed by atoms with E-state index < -0.39 is 0 Å². The van der Waals surface area contributed by atoms with E-state index in [1.165, 1.54) is 12.0 Å². The molecule has 3 N–H and O–H groups in total. The van der Waals surface area contributed by atoms with Crippen molar-refractivity contribution < 1.29 is 4.74 Å². The van der Waals surface area contributed by atoms with Crippen LogP contribution in [0.25, 0.3) is 0 Å². The molecule has 1 aliphatic carbocycles. The lowest BCUT2D eigenvalue weighted by molar-refractivity contribution is -0.0428. The summed E-state index contributed by atoms with van der Waals surface area (Å²) >= 11 is 0. The molecule has 1 saturated heterocycles. The van der Waals surface area contributed by atoms with Gasteiger partial charge >= 0.3 is 0 Å². The highest BCUT2D eigenvalue weighted by Crippen LogP contribution is 2.50. The summed E-state index contributed by atoms with van der Waals surface area (Å²) in [5.41, 5.74) is 4.43. The fourth-order valence-electron chi connectivity index (χ4n) is 3.23. The van der Waals surface area contributed by atoms with Crippen LogP contribution in [0.3, 0.4) is 0 Å². The third kappa shape index (κ3) is 2.82. The number of rotatable bonds is 4. The summed E-state index contributed by atoms with van der Waals surface area (Å²) < 4.78 is 5.90. The van der Waals surface area contributed by atoms with Gasteiger partial charge < -0.3 is 9.64 Å². The van der Waals surface area contributed by atoms with Crippen LogP contribution < -0.4 is 11.3 Å². The van der Waals surface area contributed by atoms with Gasteiger partial charge in [-0.2, -0.15) is 0 Å². The lowest BCUT2D eigenvalue weighted by Crippen LogP contribution is -2.54. The first-order valence-electron chi connectivity index (χ1n) is 7.11. The van der Waals surface area contributed by atoms with Crippen molar-refractivity contribution in [2.75, 3.05) is 26.7 Å². The van der Waals surface area contributed by atoms with Crippen molar-refractivity contribution in [2.24, 2.45) is 11.8 Å². The number of benzene rings is 1.